The molecule has 1 N–H and O–H groups in total. The molecule has 0 aromatic heterocycles. The minimum Gasteiger partial charge on any atom is -0.490 e. The topological polar surface area (TPSA) is 87.6 Å². The molecule has 0 fully saturated rings. The molecule has 0 saturated heterocycles. The number of rotatable bonds is 9. The molecule has 8 heteroatoms. The van der Waals surface area contributed by atoms with E-state index in [4.69, 9.17) is 23.7 Å². The average molecular weight is 400 g/mol. The second-order valence-electron chi connectivity index (χ2n) is 5.91. The van der Waals surface area contributed by atoms with Crippen molar-refractivity contribution in [2.75, 3.05) is 26.6 Å². The summed E-state index contributed by atoms with van der Waals surface area (Å²) in [5.41, 5.74) is 3.63. The van der Waals surface area contributed by atoms with E-state index in [1.165, 1.54) is 6.21 Å². The second kappa shape index (κ2) is 9.68. The molecular weight excluding hydrogens is 376 g/mol. The number of hydrogen-bond donors (Lipinski definition) is 1. The van der Waals surface area contributed by atoms with Gasteiger partial charge in [0.1, 0.15) is 0 Å². The normalized spacial score (nSPS) is 12.1. The van der Waals surface area contributed by atoms with Crippen molar-refractivity contribution < 1.29 is 28.5 Å². The fourth-order valence-corrected chi connectivity index (χ4v) is 2.74. The van der Waals surface area contributed by atoms with Gasteiger partial charge in [0.15, 0.2) is 23.0 Å². The Balaban J connectivity index is 1.77. The van der Waals surface area contributed by atoms with Gasteiger partial charge >= 0.3 is 0 Å². The molecule has 0 spiro atoms. The van der Waals surface area contributed by atoms with Crippen molar-refractivity contribution in [3.05, 3.63) is 41.5 Å². The molecule has 1 heterocycles. The first-order chi connectivity index (χ1) is 14.2. The third-order valence-corrected chi connectivity index (χ3v) is 3.95. The van der Waals surface area contributed by atoms with Gasteiger partial charge in [-0.2, -0.15) is 5.10 Å². The Kier molecular flexibility index (Phi) is 6.78. The molecule has 0 saturated carbocycles. The number of benzene rings is 2. The zero-order valence-corrected chi connectivity index (χ0v) is 16.7. The van der Waals surface area contributed by atoms with Gasteiger partial charge in [0, 0.05) is 5.56 Å². The lowest BCUT2D eigenvalue weighted by Crippen LogP contribution is -2.18. The Bertz CT molecular complexity index is 870. The lowest BCUT2D eigenvalue weighted by molar-refractivity contribution is 0.0954. The van der Waals surface area contributed by atoms with Crippen molar-refractivity contribution in [2.24, 2.45) is 5.10 Å². The Labute approximate surface area is 169 Å². The third-order valence-electron chi connectivity index (χ3n) is 3.95. The third kappa shape index (κ3) is 4.90. The number of carbonyl (C=O) groups excluding carboxylic acids is 1. The molecular formula is C21H24N2O6. The first-order valence-corrected chi connectivity index (χ1v) is 9.45. The van der Waals surface area contributed by atoms with Crippen molar-refractivity contribution in [1.82, 2.24) is 5.43 Å². The molecule has 154 valence electrons. The van der Waals surface area contributed by atoms with Gasteiger partial charge in [-0.15, -0.1) is 0 Å². The summed E-state index contributed by atoms with van der Waals surface area (Å²) in [7, 11) is 0. The van der Waals surface area contributed by atoms with Crippen LogP contribution in [0.15, 0.2) is 35.4 Å². The number of amides is 1. The van der Waals surface area contributed by atoms with Crippen LogP contribution in [-0.4, -0.2) is 38.7 Å². The maximum absolute atomic E-state index is 12.6. The molecule has 8 nitrogen and oxygen atoms in total. The van der Waals surface area contributed by atoms with E-state index in [1.54, 1.807) is 24.3 Å². The highest BCUT2D eigenvalue weighted by Gasteiger charge is 2.18. The number of nitrogens with one attached hydrogen (secondary N) is 1. The van der Waals surface area contributed by atoms with E-state index in [0.717, 1.165) is 5.56 Å². The molecule has 1 amide bonds. The molecule has 1 aliphatic heterocycles. The van der Waals surface area contributed by atoms with Gasteiger partial charge in [-0.1, -0.05) is 0 Å². The molecule has 0 unspecified atom stereocenters. The van der Waals surface area contributed by atoms with E-state index < -0.39 is 5.91 Å². The quantitative estimate of drug-likeness (QED) is 0.513. The van der Waals surface area contributed by atoms with Crippen LogP contribution >= 0.6 is 0 Å². The van der Waals surface area contributed by atoms with Gasteiger partial charge in [0.25, 0.3) is 5.91 Å². The highest BCUT2D eigenvalue weighted by molar-refractivity contribution is 5.96. The van der Waals surface area contributed by atoms with Gasteiger partial charge in [-0.05, 0) is 56.7 Å². The van der Waals surface area contributed by atoms with Gasteiger partial charge < -0.3 is 23.7 Å². The number of fused-ring (bicyclic) bond motifs is 1. The fraction of sp³-hybridized carbons (Fsp3) is 0.333. The summed E-state index contributed by atoms with van der Waals surface area (Å²) < 4.78 is 27.5. The number of carbonyl (C=O) groups is 1. The highest BCUT2D eigenvalue weighted by Crippen LogP contribution is 2.39. The van der Waals surface area contributed by atoms with Crippen LogP contribution < -0.4 is 29.1 Å². The largest absolute Gasteiger partial charge is 0.490 e. The smallest absolute Gasteiger partial charge is 0.271 e. The standard InChI is InChI=1S/C21H24N2O6/c1-4-25-18-10-15(11-19(26-5-2)20(18)27-6-3)21(24)23-22-12-14-7-8-16-17(9-14)29-13-28-16/h7-12H,4-6,13H2,1-3H3,(H,23,24)/b22-12-. The van der Waals surface area contributed by atoms with E-state index >= 15 is 0 Å². The van der Waals surface area contributed by atoms with Crippen molar-refractivity contribution in [3.8, 4) is 28.7 Å². The summed E-state index contributed by atoms with van der Waals surface area (Å²) in [4.78, 5) is 12.6. The Hall–Kier alpha value is -3.42. The van der Waals surface area contributed by atoms with E-state index in [2.05, 4.69) is 10.5 Å². The van der Waals surface area contributed by atoms with E-state index in [-0.39, 0.29) is 6.79 Å². The number of hydrazone groups is 1. The number of nitrogens with zero attached hydrogens (tertiary/aromatic N) is 1. The molecule has 1 aliphatic rings. The highest BCUT2D eigenvalue weighted by atomic mass is 16.7. The van der Waals surface area contributed by atoms with Crippen LogP contribution in [0.2, 0.25) is 0 Å². The maximum Gasteiger partial charge on any atom is 0.271 e. The minimum absolute atomic E-state index is 0.203. The van der Waals surface area contributed by atoms with Crippen molar-refractivity contribution in [1.29, 1.82) is 0 Å². The SMILES string of the molecule is CCOc1cc(C(=O)N/N=C\c2ccc3c(c2)OCO3)cc(OCC)c1OCC. The van der Waals surface area contributed by atoms with E-state index in [9.17, 15) is 4.79 Å². The number of hydrogen-bond acceptors (Lipinski definition) is 7. The van der Waals surface area contributed by atoms with Crippen LogP contribution in [-0.2, 0) is 0 Å². The molecule has 0 aliphatic carbocycles. The van der Waals surface area contributed by atoms with Crippen LogP contribution in [0.25, 0.3) is 0 Å². The van der Waals surface area contributed by atoms with Gasteiger partial charge in [0.05, 0.1) is 26.0 Å². The zero-order valence-electron chi connectivity index (χ0n) is 16.7. The summed E-state index contributed by atoms with van der Waals surface area (Å²) in [6, 6.07) is 8.63. The summed E-state index contributed by atoms with van der Waals surface area (Å²) >= 11 is 0. The molecule has 2 aromatic rings. The number of ether oxygens (including phenoxy) is 5. The lowest BCUT2D eigenvalue weighted by atomic mass is 10.1. The Morgan fingerprint density at radius 1 is 1.00 bits per heavy atom. The zero-order chi connectivity index (χ0) is 20.6. The van der Waals surface area contributed by atoms with Crippen molar-refractivity contribution >= 4 is 12.1 Å². The van der Waals surface area contributed by atoms with Crippen LogP contribution in [0.5, 0.6) is 28.7 Å². The Morgan fingerprint density at radius 2 is 1.66 bits per heavy atom. The van der Waals surface area contributed by atoms with Gasteiger partial charge in [-0.3, -0.25) is 4.79 Å². The molecule has 3 rings (SSSR count). The molecule has 0 radical (unpaired) electrons. The predicted molar refractivity (Wildman–Crippen MR) is 108 cm³/mol. The average Bonchev–Trinajstić information content (AvgIpc) is 3.18. The second-order valence-corrected chi connectivity index (χ2v) is 5.91. The fourth-order valence-electron chi connectivity index (χ4n) is 2.74. The molecule has 0 atom stereocenters. The summed E-state index contributed by atoms with van der Waals surface area (Å²) in [6.45, 7) is 7.10. The van der Waals surface area contributed by atoms with E-state index in [0.29, 0.717) is 54.1 Å². The first kappa shape index (κ1) is 20.3. The summed E-state index contributed by atoms with van der Waals surface area (Å²) in [6.07, 6.45) is 1.53. The summed E-state index contributed by atoms with van der Waals surface area (Å²) in [5, 5.41) is 4.02. The molecule has 2 aromatic carbocycles. The predicted octanol–water partition coefficient (Wildman–Crippen LogP) is 3.38. The molecule has 29 heavy (non-hydrogen) atoms. The van der Waals surface area contributed by atoms with Gasteiger partial charge in [0.2, 0.25) is 12.5 Å². The summed E-state index contributed by atoms with van der Waals surface area (Å²) in [5.74, 6) is 2.32. The monoisotopic (exact) mass is 400 g/mol. The Morgan fingerprint density at radius 3 is 2.31 bits per heavy atom. The van der Waals surface area contributed by atoms with Crippen molar-refractivity contribution in [2.45, 2.75) is 20.8 Å². The molecule has 0 bridgehead atoms. The first-order valence-electron chi connectivity index (χ1n) is 9.45. The maximum atomic E-state index is 12.6. The van der Waals surface area contributed by atoms with Crippen LogP contribution in [0.4, 0.5) is 0 Å². The van der Waals surface area contributed by atoms with Crippen molar-refractivity contribution in [3.63, 3.8) is 0 Å². The van der Waals surface area contributed by atoms with E-state index in [1.807, 2.05) is 26.8 Å². The van der Waals surface area contributed by atoms with Crippen LogP contribution in [0.1, 0.15) is 36.7 Å². The van der Waals surface area contributed by atoms with Gasteiger partial charge in [-0.25, -0.2) is 5.43 Å². The van der Waals surface area contributed by atoms with Crippen LogP contribution in [0, 0.1) is 0 Å². The van der Waals surface area contributed by atoms with Crippen LogP contribution in [0.3, 0.4) is 0 Å². The lowest BCUT2D eigenvalue weighted by Gasteiger charge is -2.16. The minimum atomic E-state index is -0.396.